The molecule has 3 aromatic rings. The van der Waals surface area contributed by atoms with Crippen LogP contribution in [0, 0.1) is 0 Å². The highest BCUT2D eigenvalue weighted by Crippen LogP contribution is 2.10. The van der Waals surface area contributed by atoms with Crippen LogP contribution in [-0.2, 0) is 0 Å². The van der Waals surface area contributed by atoms with E-state index in [4.69, 9.17) is 0 Å². The fourth-order valence-corrected chi connectivity index (χ4v) is 1.68. The van der Waals surface area contributed by atoms with Gasteiger partial charge in [0.15, 0.2) is 5.82 Å². The van der Waals surface area contributed by atoms with Gasteiger partial charge in [-0.1, -0.05) is 6.07 Å². The molecule has 0 saturated heterocycles. The minimum atomic E-state index is -0.216. The lowest BCUT2D eigenvalue weighted by Gasteiger charge is -1.99. The number of aromatic nitrogens is 3. The molecule has 0 bridgehead atoms. The zero-order valence-corrected chi connectivity index (χ0v) is 9.45. The van der Waals surface area contributed by atoms with Crippen LogP contribution in [0.4, 0.5) is 5.82 Å². The van der Waals surface area contributed by atoms with Crippen LogP contribution in [0.2, 0.25) is 0 Å². The Morgan fingerprint density at radius 3 is 2.94 bits per heavy atom. The van der Waals surface area contributed by atoms with Crippen LogP contribution in [0.25, 0.3) is 5.65 Å². The quantitative estimate of drug-likeness (QED) is 0.742. The summed E-state index contributed by atoms with van der Waals surface area (Å²) in [6.45, 7) is 0. The van der Waals surface area contributed by atoms with Crippen molar-refractivity contribution < 1.29 is 4.79 Å². The SMILES string of the molecule is O=C(Nc1cn2ccccc2n1)c1cccnc1. The molecule has 18 heavy (non-hydrogen) atoms. The van der Waals surface area contributed by atoms with Crippen LogP contribution in [0.1, 0.15) is 10.4 Å². The van der Waals surface area contributed by atoms with Crippen molar-refractivity contribution >= 4 is 17.4 Å². The van der Waals surface area contributed by atoms with Crippen molar-refractivity contribution in [3.05, 3.63) is 60.7 Å². The van der Waals surface area contributed by atoms with E-state index in [9.17, 15) is 4.79 Å². The number of rotatable bonds is 2. The van der Waals surface area contributed by atoms with E-state index in [1.54, 1.807) is 24.5 Å². The van der Waals surface area contributed by atoms with Gasteiger partial charge in [0, 0.05) is 18.6 Å². The van der Waals surface area contributed by atoms with Crippen molar-refractivity contribution in [2.24, 2.45) is 0 Å². The molecule has 0 atom stereocenters. The van der Waals surface area contributed by atoms with Gasteiger partial charge in [-0.25, -0.2) is 4.98 Å². The molecule has 0 radical (unpaired) electrons. The number of hydrogen-bond acceptors (Lipinski definition) is 3. The van der Waals surface area contributed by atoms with Gasteiger partial charge in [0.25, 0.3) is 5.91 Å². The molecule has 0 fully saturated rings. The monoisotopic (exact) mass is 238 g/mol. The zero-order chi connectivity index (χ0) is 12.4. The molecule has 3 aromatic heterocycles. The number of nitrogens with one attached hydrogen (secondary N) is 1. The minimum absolute atomic E-state index is 0.216. The lowest BCUT2D eigenvalue weighted by molar-refractivity contribution is 0.102. The number of imidazole rings is 1. The van der Waals surface area contributed by atoms with Crippen molar-refractivity contribution in [3.63, 3.8) is 0 Å². The smallest absolute Gasteiger partial charge is 0.258 e. The van der Waals surface area contributed by atoms with Gasteiger partial charge in [-0.2, -0.15) is 0 Å². The van der Waals surface area contributed by atoms with E-state index in [-0.39, 0.29) is 5.91 Å². The molecule has 0 aliphatic carbocycles. The maximum Gasteiger partial charge on any atom is 0.258 e. The summed E-state index contributed by atoms with van der Waals surface area (Å²) in [6, 6.07) is 9.10. The molecule has 0 aliphatic rings. The van der Waals surface area contributed by atoms with Crippen molar-refractivity contribution in [2.45, 2.75) is 0 Å². The third-order valence-electron chi connectivity index (χ3n) is 2.53. The number of pyridine rings is 2. The molecule has 0 aliphatic heterocycles. The van der Waals surface area contributed by atoms with E-state index in [2.05, 4.69) is 15.3 Å². The molecule has 0 unspecified atom stereocenters. The third kappa shape index (κ3) is 1.93. The number of fused-ring (bicyclic) bond motifs is 1. The standard InChI is InChI=1S/C13H10N4O/c18-13(10-4-3-6-14-8-10)16-11-9-17-7-2-1-5-12(17)15-11/h1-9H,(H,16,18). The average Bonchev–Trinajstić information content (AvgIpc) is 2.82. The van der Waals surface area contributed by atoms with Gasteiger partial charge in [0.2, 0.25) is 0 Å². The summed E-state index contributed by atoms with van der Waals surface area (Å²) < 4.78 is 1.85. The predicted octanol–water partition coefficient (Wildman–Crippen LogP) is 1.98. The number of carbonyl (C=O) groups is 1. The van der Waals surface area contributed by atoms with Crippen LogP contribution in [-0.4, -0.2) is 20.3 Å². The molecule has 88 valence electrons. The summed E-state index contributed by atoms with van der Waals surface area (Å²) in [5.74, 6) is 0.307. The van der Waals surface area contributed by atoms with Gasteiger partial charge in [-0.15, -0.1) is 0 Å². The number of anilines is 1. The molecule has 5 heteroatoms. The van der Waals surface area contributed by atoms with Crippen LogP contribution < -0.4 is 5.32 Å². The van der Waals surface area contributed by atoms with Gasteiger partial charge >= 0.3 is 0 Å². The summed E-state index contributed by atoms with van der Waals surface area (Å²) in [6.07, 6.45) is 6.79. The molecule has 3 rings (SSSR count). The molecular formula is C13H10N4O. The van der Waals surface area contributed by atoms with E-state index in [0.29, 0.717) is 11.4 Å². The largest absolute Gasteiger partial charge is 0.305 e. The second-order valence-corrected chi connectivity index (χ2v) is 3.79. The first-order valence-corrected chi connectivity index (χ1v) is 5.48. The Labute approximate surface area is 103 Å². The Morgan fingerprint density at radius 1 is 1.22 bits per heavy atom. The van der Waals surface area contributed by atoms with E-state index in [1.165, 1.54) is 6.20 Å². The maximum absolute atomic E-state index is 11.9. The summed E-state index contributed by atoms with van der Waals surface area (Å²) in [7, 11) is 0. The summed E-state index contributed by atoms with van der Waals surface area (Å²) in [5.41, 5.74) is 1.30. The number of nitrogens with zero attached hydrogens (tertiary/aromatic N) is 3. The van der Waals surface area contributed by atoms with Crippen LogP contribution in [0.5, 0.6) is 0 Å². The Balaban J connectivity index is 1.86. The summed E-state index contributed by atoms with van der Waals surface area (Å²) in [4.78, 5) is 20.1. The van der Waals surface area contributed by atoms with Crippen LogP contribution >= 0.6 is 0 Å². The van der Waals surface area contributed by atoms with Crippen molar-refractivity contribution in [2.75, 3.05) is 5.32 Å². The Hall–Kier alpha value is -2.69. The zero-order valence-electron chi connectivity index (χ0n) is 9.45. The first-order valence-electron chi connectivity index (χ1n) is 5.48. The van der Waals surface area contributed by atoms with Gasteiger partial charge in [-0.3, -0.25) is 9.78 Å². The summed E-state index contributed by atoms with van der Waals surface area (Å²) >= 11 is 0. The normalized spacial score (nSPS) is 10.4. The maximum atomic E-state index is 11.9. The average molecular weight is 238 g/mol. The van der Waals surface area contributed by atoms with Crippen LogP contribution in [0.15, 0.2) is 55.1 Å². The molecule has 1 N–H and O–H groups in total. The molecule has 5 nitrogen and oxygen atoms in total. The minimum Gasteiger partial charge on any atom is -0.305 e. The van der Waals surface area contributed by atoms with E-state index in [1.807, 2.05) is 28.8 Å². The topological polar surface area (TPSA) is 59.3 Å². The fourth-order valence-electron chi connectivity index (χ4n) is 1.68. The van der Waals surface area contributed by atoms with Gasteiger partial charge in [-0.05, 0) is 24.3 Å². The first-order chi connectivity index (χ1) is 8.83. The highest BCUT2D eigenvalue weighted by Gasteiger charge is 2.08. The summed E-state index contributed by atoms with van der Waals surface area (Å²) in [5, 5.41) is 2.74. The Bertz CT molecular complexity index is 657. The number of carbonyl (C=O) groups excluding carboxylic acids is 1. The van der Waals surface area contributed by atoms with E-state index >= 15 is 0 Å². The highest BCUT2D eigenvalue weighted by atomic mass is 16.1. The Morgan fingerprint density at radius 2 is 2.17 bits per heavy atom. The van der Waals surface area contributed by atoms with Gasteiger partial charge in [0.05, 0.1) is 11.8 Å². The molecule has 0 saturated carbocycles. The van der Waals surface area contributed by atoms with E-state index < -0.39 is 0 Å². The first kappa shape index (κ1) is 10.5. The second kappa shape index (κ2) is 4.29. The Kier molecular flexibility index (Phi) is 2.49. The van der Waals surface area contributed by atoms with Crippen molar-refractivity contribution in [3.8, 4) is 0 Å². The molecule has 1 amide bonds. The second-order valence-electron chi connectivity index (χ2n) is 3.79. The van der Waals surface area contributed by atoms with Crippen molar-refractivity contribution in [1.29, 1.82) is 0 Å². The molecule has 3 heterocycles. The predicted molar refractivity (Wildman–Crippen MR) is 67.4 cm³/mol. The lowest BCUT2D eigenvalue weighted by Crippen LogP contribution is -2.12. The van der Waals surface area contributed by atoms with Crippen LogP contribution in [0.3, 0.4) is 0 Å². The van der Waals surface area contributed by atoms with Gasteiger partial charge < -0.3 is 9.72 Å². The lowest BCUT2D eigenvalue weighted by atomic mass is 10.3. The molecular weight excluding hydrogens is 228 g/mol. The van der Waals surface area contributed by atoms with E-state index in [0.717, 1.165) is 5.65 Å². The van der Waals surface area contributed by atoms with Crippen molar-refractivity contribution in [1.82, 2.24) is 14.4 Å². The molecule has 0 spiro atoms. The molecule has 0 aromatic carbocycles. The fraction of sp³-hybridized carbons (Fsp3) is 0. The number of amides is 1. The van der Waals surface area contributed by atoms with Gasteiger partial charge in [0.1, 0.15) is 5.65 Å². The number of hydrogen-bond donors (Lipinski definition) is 1. The third-order valence-corrected chi connectivity index (χ3v) is 2.53. The highest BCUT2D eigenvalue weighted by molar-refractivity contribution is 6.03.